The van der Waals surface area contributed by atoms with E-state index >= 15 is 0 Å². The van der Waals surface area contributed by atoms with Crippen LogP contribution >= 0.6 is 0 Å². The quantitative estimate of drug-likeness (QED) is 0.749. The third-order valence-corrected chi connectivity index (χ3v) is 2.51. The van der Waals surface area contributed by atoms with E-state index < -0.39 is 11.9 Å². The molecular weight excluding hydrogens is 296 g/mol. The zero-order valence-corrected chi connectivity index (χ0v) is 14.2. The van der Waals surface area contributed by atoms with Crippen molar-refractivity contribution in [1.29, 1.82) is 0 Å². The summed E-state index contributed by atoms with van der Waals surface area (Å²) in [6, 6.07) is 13.3. The van der Waals surface area contributed by atoms with Gasteiger partial charge >= 0.3 is 37.7 Å². The summed E-state index contributed by atoms with van der Waals surface area (Å²) < 4.78 is 0. The average Bonchev–Trinajstić information content (AvgIpc) is 2.39. The molecule has 21 heavy (non-hydrogen) atoms. The molecule has 5 heteroatoms. The summed E-state index contributed by atoms with van der Waals surface area (Å²) in [5, 5.41) is 20.5. The number of aromatic carboxylic acids is 2. The Morgan fingerprint density at radius 3 is 1.29 bits per heavy atom. The third kappa shape index (κ3) is 7.27. The molecule has 4 nitrogen and oxygen atoms in total. The van der Waals surface area contributed by atoms with Crippen molar-refractivity contribution in [3.8, 4) is 0 Å². The van der Waals surface area contributed by atoms with Gasteiger partial charge in [0.15, 0.2) is 0 Å². The first-order chi connectivity index (χ1) is 9.40. The Morgan fingerprint density at radius 1 is 0.762 bits per heavy atom. The molecule has 0 atom stereocenters. The minimum Gasteiger partial charge on any atom is -0.545 e. The molecule has 0 amide bonds. The molecule has 0 aromatic heterocycles. The summed E-state index contributed by atoms with van der Waals surface area (Å²) in [6.07, 6.45) is 0. The van der Waals surface area contributed by atoms with Crippen molar-refractivity contribution in [2.24, 2.45) is 0 Å². The second-order valence-electron chi connectivity index (χ2n) is 4.31. The van der Waals surface area contributed by atoms with Gasteiger partial charge in [0.25, 0.3) is 0 Å². The van der Waals surface area contributed by atoms with E-state index in [2.05, 4.69) is 0 Å². The first kappa shape index (κ1) is 19.6. The van der Waals surface area contributed by atoms with E-state index in [1.807, 2.05) is 26.0 Å². The molecule has 0 saturated heterocycles. The van der Waals surface area contributed by atoms with Gasteiger partial charge in [0.05, 0.1) is 11.9 Å². The van der Waals surface area contributed by atoms with Gasteiger partial charge in [0.2, 0.25) is 0 Å². The molecule has 0 aliphatic carbocycles. The summed E-state index contributed by atoms with van der Waals surface area (Å²) in [4.78, 5) is 20.5. The van der Waals surface area contributed by atoms with E-state index in [0.717, 1.165) is 11.1 Å². The fraction of sp³-hybridized carbons (Fsp3) is 0.125. The van der Waals surface area contributed by atoms with E-state index in [0.29, 0.717) is 0 Å². The maximum atomic E-state index is 10.2. The van der Waals surface area contributed by atoms with Crippen molar-refractivity contribution in [2.75, 3.05) is 0 Å². The predicted molar refractivity (Wildman–Crippen MR) is 76.8 cm³/mol. The van der Waals surface area contributed by atoms with Crippen LogP contribution in [0.1, 0.15) is 31.8 Å². The first-order valence-electron chi connectivity index (χ1n) is 5.96. The second kappa shape index (κ2) is 9.55. The topological polar surface area (TPSA) is 80.3 Å². The summed E-state index contributed by atoms with van der Waals surface area (Å²) in [5.74, 6) is -2.24. The molecule has 2 aromatic carbocycles. The first-order valence-corrected chi connectivity index (χ1v) is 5.96. The van der Waals surface area contributed by atoms with Crippen LogP contribution < -0.4 is 10.2 Å². The molecule has 0 heterocycles. The van der Waals surface area contributed by atoms with Gasteiger partial charge in [0, 0.05) is 0 Å². The van der Waals surface area contributed by atoms with E-state index in [1.165, 1.54) is 12.1 Å². The van der Waals surface area contributed by atoms with Gasteiger partial charge < -0.3 is 19.8 Å². The molecule has 2 aromatic rings. The van der Waals surface area contributed by atoms with E-state index in [9.17, 15) is 19.8 Å². The maximum absolute atomic E-state index is 10.2. The number of hydrogen-bond donors (Lipinski definition) is 0. The van der Waals surface area contributed by atoms with E-state index in [-0.39, 0.29) is 48.9 Å². The van der Waals surface area contributed by atoms with Crippen LogP contribution in [0.15, 0.2) is 48.5 Å². The summed E-state index contributed by atoms with van der Waals surface area (Å²) in [5.41, 5.74) is 2.34. The molecule has 0 unspecified atom stereocenters. The van der Waals surface area contributed by atoms with Gasteiger partial charge in [-0.3, -0.25) is 0 Å². The van der Waals surface area contributed by atoms with Crippen molar-refractivity contribution in [2.45, 2.75) is 13.8 Å². The average molecular weight is 310 g/mol. The standard InChI is InChI=1S/2C8H8O2.Ca/c2*1-6-3-2-4-7(5-6)8(9)10;/h2*2-5H,1H3,(H,9,10);/q;;+2/p-2. The van der Waals surface area contributed by atoms with E-state index in [1.54, 1.807) is 24.3 Å². The number of rotatable bonds is 2. The minimum atomic E-state index is -1.12. The van der Waals surface area contributed by atoms with Gasteiger partial charge in [-0.1, -0.05) is 59.7 Å². The van der Waals surface area contributed by atoms with Crippen LogP contribution in [0.2, 0.25) is 0 Å². The molecule has 2 rings (SSSR count). The molecule has 0 N–H and O–H groups in total. The fourth-order valence-corrected chi connectivity index (χ4v) is 1.54. The van der Waals surface area contributed by atoms with Crippen LogP contribution in [0, 0.1) is 13.8 Å². The number of carboxylic acid groups (broad SMARTS) is 2. The van der Waals surface area contributed by atoms with Crippen LogP contribution in [-0.4, -0.2) is 49.7 Å². The molecular formula is C16H14CaO4. The zero-order chi connectivity index (χ0) is 15.1. The van der Waals surface area contributed by atoms with E-state index in [4.69, 9.17) is 0 Å². The normalized spacial score (nSPS) is 8.86. The van der Waals surface area contributed by atoms with Crippen LogP contribution in [0.25, 0.3) is 0 Å². The smallest absolute Gasteiger partial charge is 0.545 e. The summed E-state index contributed by atoms with van der Waals surface area (Å²) >= 11 is 0. The van der Waals surface area contributed by atoms with Gasteiger partial charge in [-0.05, 0) is 25.0 Å². The number of carbonyl (C=O) groups is 2. The number of carbonyl (C=O) groups excluding carboxylic acids is 2. The molecule has 0 fully saturated rings. The Bertz CT molecular complexity index is 568. The van der Waals surface area contributed by atoms with Crippen LogP contribution in [0.3, 0.4) is 0 Å². The maximum Gasteiger partial charge on any atom is 2.00 e. The van der Waals surface area contributed by atoms with Crippen molar-refractivity contribution in [3.05, 3.63) is 70.8 Å². The number of aryl methyl sites for hydroxylation is 2. The molecule has 0 aliphatic heterocycles. The van der Waals surface area contributed by atoms with Gasteiger partial charge in [-0.15, -0.1) is 0 Å². The number of hydrogen-bond acceptors (Lipinski definition) is 4. The zero-order valence-electron chi connectivity index (χ0n) is 12.0. The Kier molecular flexibility index (Phi) is 8.93. The second-order valence-corrected chi connectivity index (χ2v) is 4.31. The van der Waals surface area contributed by atoms with Gasteiger partial charge in [-0.25, -0.2) is 0 Å². The number of carboxylic acids is 2. The van der Waals surface area contributed by atoms with Crippen molar-refractivity contribution in [1.82, 2.24) is 0 Å². The molecule has 104 valence electrons. The third-order valence-electron chi connectivity index (χ3n) is 2.51. The van der Waals surface area contributed by atoms with Crippen molar-refractivity contribution < 1.29 is 19.8 Å². The molecule has 0 radical (unpaired) electrons. The Balaban J connectivity index is 0.000000364. The largest absolute Gasteiger partial charge is 2.00 e. The summed E-state index contributed by atoms with van der Waals surface area (Å²) in [7, 11) is 0. The summed E-state index contributed by atoms with van der Waals surface area (Å²) in [6.45, 7) is 3.68. The fourth-order valence-electron chi connectivity index (χ4n) is 1.54. The SMILES string of the molecule is Cc1cccc(C(=O)[O-])c1.Cc1cccc(C(=O)[O-])c1.[Ca+2]. The van der Waals surface area contributed by atoms with Gasteiger partial charge in [0.1, 0.15) is 0 Å². The predicted octanol–water partition coefficient (Wildman–Crippen LogP) is 0.336. The van der Waals surface area contributed by atoms with Crippen molar-refractivity contribution >= 4 is 49.7 Å². The molecule has 0 aliphatic rings. The monoisotopic (exact) mass is 310 g/mol. The minimum absolute atomic E-state index is 0. The Hall–Kier alpha value is -1.36. The molecule has 0 saturated carbocycles. The van der Waals surface area contributed by atoms with Crippen molar-refractivity contribution in [3.63, 3.8) is 0 Å². The Morgan fingerprint density at radius 2 is 1.10 bits per heavy atom. The van der Waals surface area contributed by atoms with Crippen LogP contribution in [-0.2, 0) is 0 Å². The Labute approximate surface area is 153 Å². The molecule has 0 spiro atoms. The molecule has 0 bridgehead atoms. The van der Waals surface area contributed by atoms with Crippen LogP contribution in [0.5, 0.6) is 0 Å². The number of benzene rings is 2. The van der Waals surface area contributed by atoms with Crippen LogP contribution in [0.4, 0.5) is 0 Å². The van der Waals surface area contributed by atoms with Gasteiger partial charge in [-0.2, -0.15) is 0 Å².